The number of halogens is 4. The van der Waals surface area contributed by atoms with Gasteiger partial charge in [-0.05, 0) is 61.5 Å². The molecule has 0 unspecified atom stereocenters. The number of benzene rings is 3. The Kier molecular flexibility index (Phi) is 8.31. The lowest BCUT2D eigenvalue weighted by atomic mass is 10.1. The van der Waals surface area contributed by atoms with E-state index in [1.165, 1.54) is 50.7 Å². The van der Waals surface area contributed by atoms with Gasteiger partial charge < -0.3 is 19.5 Å². The summed E-state index contributed by atoms with van der Waals surface area (Å²) < 4.78 is 74.2. The number of carbonyl (C=O) groups is 1. The molecule has 1 N–H and O–H groups in total. The first-order valence-electron chi connectivity index (χ1n) is 13.3. The van der Waals surface area contributed by atoms with Gasteiger partial charge >= 0.3 is 11.9 Å². The van der Waals surface area contributed by atoms with Crippen molar-refractivity contribution in [1.82, 2.24) is 14.1 Å². The minimum atomic E-state index is -4.91. The van der Waals surface area contributed by atoms with Crippen LogP contribution in [0.5, 0.6) is 23.0 Å². The Labute approximate surface area is 252 Å². The number of aromatic nitrogens is 3. The van der Waals surface area contributed by atoms with Crippen molar-refractivity contribution >= 4 is 22.5 Å². The van der Waals surface area contributed by atoms with Crippen LogP contribution in [0, 0.1) is 5.82 Å². The third kappa shape index (κ3) is 6.07. The second kappa shape index (κ2) is 12.1. The molecule has 0 bridgehead atoms. The van der Waals surface area contributed by atoms with Crippen molar-refractivity contribution in [2.45, 2.75) is 19.6 Å². The van der Waals surface area contributed by atoms with E-state index in [9.17, 15) is 31.9 Å². The van der Waals surface area contributed by atoms with E-state index in [-0.39, 0.29) is 23.7 Å². The number of ether oxygens (including phenoxy) is 3. The SMILES string of the molecule is CCn1cc(C(=O)Nc2ccc(Oc3ccnc4cc(OC)c(OC)cc34)c(C(F)(F)F)c2)c(=O)n(-c2ccc(F)cc2)c1=O. The number of hydrogen-bond acceptors (Lipinski definition) is 7. The second-order valence-corrected chi connectivity index (χ2v) is 9.53. The highest BCUT2D eigenvalue weighted by Crippen LogP contribution is 2.42. The second-order valence-electron chi connectivity index (χ2n) is 9.53. The number of fused-ring (bicyclic) bond motifs is 1. The van der Waals surface area contributed by atoms with Gasteiger partial charge in [-0.1, -0.05) is 0 Å². The molecule has 45 heavy (non-hydrogen) atoms. The first-order valence-corrected chi connectivity index (χ1v) is 13.3. The molecule has 10 nitrogen and oxygen atoms in total. The molecule has 0 aliphatic carbocycles. The average Bonchev–Trinajstić information content (AvgIpc) is 3.01. The first-order chi connectivity index (χ1) is 21.4. The molecule has 3 aromatic carbocycles. The lowest BCUT2D eigenvalue weighted by molar-refractivity contribution is -0.138. The van der Waals surface area contributed by atoms with E-state index in [1.807, 2.05) is 0 Å². The van der Waals surface area contributed by atoms with E-state index in [0.29, 0.717) is 33.0 Å². The number of aryl methyl sites for hydroxylation is 1. The van der Waals surface area contributed by atoms with Gasteiger partial charge in [0.2, 0.25) is 0 Å². The van der Waals surface area contributed by atoms with Gasteiger partial charge in [-0.15, -0.1) is 0 Å². The predicted molar refractivity (Wildman–Crippen MR) is 156 cm³/mol. The molecule has 2 heterocycles. The minimum Gasteiger partial charge on any atom is -0.493 e. The molecule has 0 aliphatic heterocycles. The largest absolute Gasteiger partial charge is 0.493 e. The summed E-state index contributed by atoms with van der Waals surface area (Å²) in [5.74, 6) is -1.52. The Morgan fingerprint density at radius 1 is 0.911 bits per heavy atom. The van der Waals surface area contributed by atoms with Gasteiger partial charge in [0.1, 0.15) is 28.4 Å². The highest BCUT2D eigenvalue weighted by molar-refractivity contribution is 6.04. The van der Waals surface area contributed by atoms with Crippen molar-refractivity contribution in [1.29, 1.82) is 0 Å². The molecule has 0 saturated heterocycles. The Morgan fingerprint density at radius 2 is 1.60 bits per heavy atom. The van der Waals surface area contributed by atoms with Crippen LogP contribution in [0.25, 0.3) is 16.6 Å². The number of nitrogens with zero attached hydrogens (tertiary/aromatic N) is 3. The van der Waals surface area contributed by atoms with E-state index in [0.717, 1.165) is 29.0 Å². The maximum absolute atomic E-state index is 14.2. The quantitative estimate of drug-likeness (QED) is 0.218. The summed E-state index contributed by atoms with van der Waals surface area (Å²) in [6.45, 7) is 1.66. The summed E-state index contributed by atoms with van der Waals surface area (Å²) in [5.41, 5.74) is -3.48. The average molecular weight is 625 g/mol. The standard InChI is InChI=1S/C31H24F4N4O6/c1-4-38-16-21(29(41)39(30(38)42)19-8-5-17(32)6-9-19)28(40)37-18-7-10-25(22(13-18)31(33,34)35)45-24-11-12-36-23-15-27(44-3)26(43-2)14-20(23)24/h5-16H,4H2,1-3H3,(H,37,40). The van der Waals surface area contributed by atoms with Crippen molar-refractivity contribution in [3.05, 3.63) is 111 Å². The molecule has 5 aromatic rings. The number of pyridine rings is 1. The number of alkyl halides is 3. The van der Waals surface area contributed by atoms with E-state index in [1.54, 1.807) is 13.0 Å². The third-order valence-corrected chi connectivity index (χ3v) is 6.80. The topological polar surface area (TPSA) is 114 Å². The van der Waals surface area contributed by atoms with Gasteiger partial charge in [0.05, 0.1) is 25.4 Å². The Balaban J connectivity index is 1.52. The van der Waals surface area contributed by atoms with Gasteiger partial charge in [-0.2, -0.15) is 13.2 Å². The van der Waals surface area contributed by atoms with Crippen molar-refractivity contribution in [3.63, 3.8) is 0 Å². The molecular formula is C31H24F4N4O6. The number of anilines is 1. The molecule has 0 radical (unpaired) electrons. The number of hydrogen-bond donors (Lipinski definition) is 1. The fourth-order valence-electron chi connectivity index (χ4n) is 4.57. The molecule has 0 spiro atoms. The number of nitrogens with one attached hydrogen (secondary N) is 1. The molecule has 0 fully saturated rings. The summed E-state index contributed by atoms with van der Waals surface area (Å²) in [4.78, 5) is 43.5. The molecule has 2 aromatic heterocycles. The molecule has 0 saturated carbocycles. The van der Waals surface area contributed by atoms with E-state index >= 15 is 0 Å². The van der Waals surface area contributed by atoms with Gasteiger partial charge in [-0.3, -0.25) is 19.1 Å². The molecule has 14 heteroatoms. The van der Waals surface area contributed by atoms with Crippen molar-refractivity contribution in [2.24, 2.45) is 0 Å². The maximum atomic E-state index is 14.2. The molecule has 1 amide bonds. The van der Waals surface area contributed by atoms with Crippen molar-refractivity contribution < 1.29 is 36.6 Å². The van der Waals surface area contributed by atoms with Crippen LogP contribution in [0.15, 0.2) is 82.6 Å². The van der Waals surface area contributed by atoms with Gasteiger partial charge in [-0.25, -0.2) is 13.8 Å². The zero-order valence-electron chi connectivity index (χ0n) is 23.9. The number of carbonyl (C=O) groups excluding carboxylic acids is 1. The van der Waals surface area contributed by atoms with Crippen LogP contribution in [-0.2, 0) is 12.7 Å². The van der Waals surface area contributed by atoms with Crippen LogP contribution in [0.2, 0.25) is 0 Å². The zero-order chi connectivity index (χ0) is 32.5. The molecular weight excluding hydrogens is 600 g/mol. The van der Waals surface area contributed by atoms with Crippen LogP contribution in [0.3, 0.4) is 0 Å². The van der Waals surface area contributed by atoms with Crippen LogP contribution < -0.4 is 30.8 Å². The number of amides is 1. The summed E-state index contributed by atoms with van der Waals surface area (Å²) >= 11 is 0. The van der Waals surface area contributed by atoms with E-state index < -0.39 is 46.0 Å². The van der Waals surface area contributed by atoms with Crippen LogP contribution in [0.4, 0.5) is 23.2 Å². The highest BCUT2D eigenvalue weighted by atomic mass is 19.4. The predicted octanol–water partition coefficient (Wildman–Crippen LogP) is 5.79. The summed E-state index contributed by atoms with van der Waals surface area (Å²) in [6.07, 6.45) is -2.54. The zero-order valence-corrected chi connectivity index (χ0v) is 23.9. The van der Waals surface area contributed by atoms with Gasteiger partial charge in [0.25, 0.3) is 11.5 Å². The van der Waals surface area contributed by atoms with Gasteiger partial charge in [0, 0.05) is 36.1 Å². The lowest BCUT2D eigenvalue weighted by Gasteiger charge is -2.17. The summed E-state index contributed by atoms with van der Waals surface area (Å²) in [7, 11) is 2.84. The van der Waals surface area contributed by atoms with E-state index in [2.05, 4.69) is 10.3 Å². The number of methoxy groups -OCH3 is 2. The fourth-order valence-corrected chi connectivity index (χ4v) is 4.57. The van der Waals surface area contributed by atoms with Crippen molar-refractivity contribution in [2.75, 3.05) is 19.5 Å². The van der Waals surface area contributed by atoms with Gasteiger partial charge in [0.15, 0.2) is 11.5 Å². The van der Waals surface area contributed by atoms with Crippen LogP contribution in [-0.4, -0.2) is 34.2 Å². The van der Waals surface area contributed by atoms with Crippen LogP contribution >= 0.6 is 0 Å². The van der Waals surface area contributed by atoms with E-state index in [4.69, 9.17) is 14.2 Å². The molecule has 0 aliphatic rings. The smallest absolute Gasteiger partial charge is 0.420 e. The molecule has 232 valence electrons. The third-order valence-electron chi connectivity index (χ3n) is 6.80. The first kappa shape index (κ1) is 30.8. The number of rotatable bonds is 8. The molecule has 0 atom stereocenters. The minimum absolute atomic E-state index is 0.00353. The fraction of sp³-hybridized carbons (Fsp3) is 0.161. The van der Waals surface area contributed by atoms with Crippen molar-refractivity contribution in [3.8, 4) is 28.7 Å². The summed E-state index contributed by atoms with van der Waals surface area (Å²) in [5, 5.41) is 2.65. The summed E-state index contributed by atoms with van der Waals surface area (Å²) in [6, 6.07) is 11.8. The monoisotopic (exact) mass is 624 g/mol. The Morgan fingerprint density at radius 3 is 2.24 bits per heavy atom. The molecule has 5 rings (SSSR count). The Bertz CT molecular complexity index is 2040. The normalized spacial score (nSPS) is 11.4. The lowest BCUT2D eigenvalue weighted by Crippen LogP contribution is -2.42. The maximum Gasteiger partial charge on any atom is 0.420 e. The highest BCUT2D eigenvalue weighted by Gasteiger charge is 2.35. The Hall–Kier alpha value is -5.66. The van der Waals surface area contributed by atoms with Crippen LogP contribution in [0.1, 0.15) is 22.8 Å².